The van der Waals surface area contributed by atoms with Crippen LogP contribution in [0.2, 0.25) is 0 Å². The molecule has 0 aliphatic carbocycles. The summed E-state index contributed by atoms with van der Waals surface area (Å²) in [6, 6.07) is 24.8. The Morgan fingerprint density at radius 2 is 1.78 bits per heavy atom. The molecule has 1 atom stereocenters. The summed E-state index contributed by atoms with van der Waals surface area (Å²) in [7, 11) is 1.61. The van der Waals surface area contributed by atoms with Crippen molar-refractivity contribution in [1.29, 1.82) is 0 Å². The van der Waals surface area contributed by atoms with E-state index in [9.17, 15) is 9.59 Å². The van der Waals surface area contributed by atoms with E-state index in [1.807, 2.05) is 48.7 Å². The molecule has 0 fully saturated rings. The van der Waals surface area contributed by atoms with Crippen molar-refractivity contribution in [2.45, 2.75) is 17.5 Å². The Kier molecular flexibility index (Phi) is 7.18. The smallest absolute Gasteiger partial charge is 0.341 e. The van der Waals surface area contributed by atoms with E-state index in [2.05, 4.69) is 29.2 Å². The number of benzene rings is 3. The van der Waals surface area contributed by atoms with Gasteiger partial charge < -0.3 is 9.47 Å². The first kappa shape index (κ1) is 24.5. The van der Waals surface area contributed by atoms with E-state index in [1.165, 1.54) is 16.8 Å². The topological polar surface area (TPSA) is 81.1 Å². The number of esters is 1. The minimum atomic E-state index is -0.593. The van der Waals surface area contributed by atoms with E-state index < -0.39 is 18.5 Å². The van der Waals surface area contributed by atoms with E-state index >= 15 is 0 Å². The van der Waals surface area contributed by atoms with E-state index in [-0.39, 0.29) is 6.04 Å². The van der Waals surface area contributed by atoms with Gasteiger partial charge in [-0.15, -0.1) is 11.8 Å². The van der Waals surface area contributed by atoms with Crippen LogP contribution in [-0.2, 0) is 9.53 Å². The van der Waals surface area contributed by atoms with Crippen LogP contribution in [-0.4, -0.2) is 47.6 Å². The van der Waals surface area contributed by atoms with Crippen molar-refractivity contribution in [2.24, 2.45) is 5.10 Å². The number of fused-ring (bicyclic) bond motifs is 1. The van der Waals surface area contributed by atoms with Crippen LogP contribution in [0.5, 0.6) is 5.75 Å². The highest BCUT2D eigenvalue weighted by Crippen LogP contribution is 2.34. The van der Waals surface area contributed by atoms with Crippen LogP contribution in [0.25, 0.3) is 10.8 Å². The number of methoxy groups -OCH3 is 1. The number of pyridine rings is 1. The van der Waals surface area contributed by atoms with Gasteiger partial charge >= 0.3 is 5.97 Å². The van der Waals surface area contributed by atoms with Gasteiger partial charge in [0.1, 0.15) is 10.8 Å². The molecule has 0 saturated carbocycles. The molecule has 1 aliphatic heterocycles. The third-order valence-electron chi connectivity index (χ3n) is 6.26. The maximum Gasteiger partial charge on any atom is 0.341 e. The van der Waals surface area contributed by atoms with Crippen molar-refractivity contribution in [1.82, 2.24) is 9.99 Å². The molecule has 0 saturated heterocycles. The summed E-state index contributed by atoms with van der Waals surface area (Å²) in [5.41, 5.74) is 2.99. The Morgan fingerprint density at radius 3 is 2.54 bits per heavy atom. The summed E-state index contributed by atoms with van der Waals surface area (Å²) < 4.78 is 10.7. The van der Waals surface area contributed by atoms with E-state index in [0.29, 0.717) is 17.0 Å². The molecule has 186 valence electrons. The van der Waals surface area contributed by atoms with Crippen molar-refractivity contribution < 1.29 is 19.1 Å². The van der Waals surface area contributed by atoms with Gasteiger partial charge in [0.15, 0.2) is 6.61 Å². The lowest BCUT2D eigenvalue weighted by Gasteiger charge is -2.22. The minimum absolute atomic E-state index is 0.330. The van der Waals surface area contributed by atoms with Gasteiger partial charge in [-0.3, -0.25) is 4.79 Å². The second kappa shape index (κ2) is 10.8. The predicted octanol–water partition coefficient (Wildman–Crippen LogP) is 5.50. The van der Waals surface area contributed by atoms with Gasteiger partial charge in [-0.1, -0.05) is 48.5 Å². The number of thioether (sulfide) groups is 1. The van der Waals surface area contributed by atoms with Crippen LogP contribution in [0, 0.1) is 0 Å². The lowest BCUT2D eigenvalue weighted by Crippen LogP contribution is -2.31. The average Bonchev–Trinajstić information content (AvgIpc) is 3.41. The lowest BCUT2D eigenvalue weighted by molar-refractivity contribution is -0.136. The SMILES string of the molecule is COc1ccc(C2CC(c3ccc4ccccc4c3)=NN2C(=O)COC(=O)c2cccnc2SC)cc1. The van der Waals surface area contributed by atoms with Crippen molar-refractivity contribution in [3.8, 4) is 5.75 Å². The van der Waals surface area contributed by atoms with Crippen molar-refractivity contribution in [2.75, 3.05) is 20.0 Å². The summed E-state index contributed by atoms with van der Waals surface area (Å²) in [5.74, 6) is -0.269. The largest absolute Gasteiger partial charge is 0.497 e. The molecule has 7 nitrogen and oxygen atoms in total. The second-order valence-corrected chi connectivity index (χ2v) is 9.27. The highest BCUT2D eigenvalue weighted by atomic mass is 32.2. The van der Waals surface area contributed by atoms with Crippen LogP contribution in [0.1, 0.15) is 33.9 Å². The highest BCUT2D eigenvalue weighted by molar-refractivity contribution is 7.98. The maximum absolute atomic E-state index is 13.3. The summed E-state index contributed by atoms with van der Waals surface area (Å²) in [6.07, 6.45) is 3.97. The number of hydrogen-bond donors (Lipinski definition) is 0. The van der Waals surface area contributed by atoms with E-state index in [0.717, 1.165) is 33.4 Å². The molecule has 0 spiro atoms. The number of amides is 1. The normalized spacial score (nSPS) is 14.9. The number of rotatable bonds is 7. The number of aromatic nitrogens is 1. The fraction of sp³-hybridized carbons (Fsp3) is 0.172. The summed E-state index contributed by atoms with van der Waals surface area (Å²) in [5, 5.41) is 8.93. The fourth-order valence-corrected chi connectivity index (χ4v) is 4.89. The molecule has 37 heavy (non-hydrogen) atoms. The zero-order chi connectivity index (χ0) is 25.8. The molecule has 2 heterocycles. The van der Waals surface area contributed by atoms with Crippen molar-refractivity contribution >= 4 is 40.1 Å². The third-order valence-corrected chi connectivity index (χ3v) is 6.97. The van der Waals surface area contributed by atoms with Gasteiger partial charge in [0.05, 0.1) is 24.4 Å². The van der Waals surface area contributed by atoms with Gasteiger partial charge in [-0.2, -0.15) is 5.10 Å². The fourth-order valence-electron chi connectivity index (χ4n) is 4.35. The molecule has 0 radical (unpaired) electrons. The molecule has 1 unspecified atom stereocenters. The Hall–Kier alpha value is -4.17. The Morgan fingerprint density at radius 1 is 1.00 bits per heavy atom. The van der Waals surface area contributed by atoms with Crippen LogP contribution in [0.15, 0.2) is 95.2 Å². The Bertz CT molecular complexity index is 1490. The predicted molar refractivity (Wildman–Crippen MR) is 144 cm³/mol. The number of hydrogen-bond acceptors (Lipinski definition) is 7. The molecule has 1 aromatic heterocycles. The first-order chi connectivity index (χ1) is 18.1. The van der Waals surface area contributed by atoms with Gasteiger partial charge in [-0.25, -0.2) is 14.8 Å². The standard InChI is InChI=1S/C29H25N3O4S/c1-35-23-13-11-20(12-14-23)26-17-25(22-10-9-19-6-3-4-7-21(19)16-22)31-32(26)27(33)18-36-29(34)24-8-5-15-30-28(24)37-2/h3-16,26H,17-18H2,1-2H3. The molecule has 4 aromatic rings. The number of ether oxygens (including phenoxy) is 2. The monoisotopic (exact) mass is 511 g/mol. The van der Waals surface area contributed by atoms with Crippen molar-refractivity contribution in [3.05, 3.63) is 102 Å². The average molecular weight is 512 g/mol. The van der Waals surface area contributed by atoms with Crippen LogP contribution >= 0.6 is 11.8 Å². The molecule has 1 aliphatic rings. The molecule has 8 heteroatoms. The zero-order valence-corrected chi connectivity index (χ0v) is 21.3. The summed E-state index contributed by atoms with van der Waals surface area (Å²) in [4.78, 5) is 30.2. The number of hydrazone groups is 1. The number of carbonyl (C=O) groups is 2. The minimum Gasteiger partial charge on any atom is -0.497 e. The first-order valence-corrected chi connectivity index (χ1v) is 13.0. The highest BCUT2D eigenvalue weighted by Gasteiger charge is 2.34. The first-order valence-electron chi connectivity index (χ1n) is 11.8. The van der Waals surface area contributed by atoms with Gasteiger partial charge in [-0.05, 0) is 58.5 Å². The van der Waals surface area contributed by atoms with Gasteiger partial charge in [0.2, 0.25) is 0 Å². The van der Waals surface area contributed by atoms with Gasteiger partial charge in [0, 0.05) is 12.6 Å². The number of carbonyl (C=O) groups excluding carboxylic acids is 2. The van der Waals surface area contributed by atoms with Gasteiger partial charge in [0.25, 0.3) is 5.91 Å². The molecule has 0 bridgehead atoms. The molecule has 5 rings (SSSR count). The quantitative estimate of drug-likeness (QED) is 0.241. The van der Waals surface area contributed by atoms with Crippen LogP contribution in [0.3, 0.4) is 0 Å². The summed E-state index contributed by atoms with van der Waals surface area (Å²) in [6.45, 7) is -0.428. The zero-order valence-electron chi connectivity index (χ0n) is 20.5. The lowest BCUT2D eigenvalue weighted by atomic mass is 9.97. The van der Waals surface area contributed by atoms with E-state index in [4.69, 9.17) is 14.6 Å². The summed E-state index contributed by atoms with van der Waals surface area (Å²) >= 11 is 1.34. The molecule has 1 amide bonds. The van der Waals surface area contributed by atoms with E-state index in [1.54, 1.807) is 25.4 Å². The molecule has 3 aromatic carbocycles. The number of nitrogens with zero attached hydrogens (tertiary/aromatic N) is 3. The van der Waals surface area contributed by atoms with Crippen LogP contribution in [0.4, 0.5) is 0 Å². The third kappa shape index (κ3) is 5.20. The Labute approximate surface area is 219 Å². The van der Waals surface area contributed by atoms with Crippen LogP contribution < -0.4 is 4.74 Å². The molecular weight excluding hydrogens is 486 g/mol. The Balaban J connectivity index is 1.41. The van der Waals surface area contributed by atoms with Crippen molar-refractivity contribution in [3.63, 3.8) is 0 Å². The molecular formula is C29H25N3O4S. The maximum atomic E-state index is 13.3. The molecule has 0 N–H and O–H groups in total. The second-order valence-electron chi connectivity index (χ2n) is 8.48.